The zero-order valence-electron chi connectivity index (χ0n) is 16.8. The fourth-order valence-corrected chi connectivity index (χ4v) is 4.68. The summed E-state index contributed by atoms with van der Waals surface area (Å²) in [5, 5.41) is 3.12. The van der Waals surface area contributed by atoms with Crippen LogP contribution in [0.3, 0.4) is 0 Å². The van der Waals surface area contributed by atoms with Gasteiger partial charge in [0.15, 0.2) is 0 Å². The molecule has 146 valence electrons. The fourth-order valence-electron chi connectivity index (χ4n) is 4.68. The SMILES string of the molecule is Cc1ccc(C)n1-c1ccc(C(=O)NCC23CCC=C2N(C)C(=O)CC3)cc1. The van der Waals surface area contributed by atoms with Crippen LogP contribution in [0.5, 0.6) is 0 Å². The van der Waals surface area contributed by atoms with Crippen molar-refractivity contribution in [2.24, 2.45) is 5.41 Å². The Morgan fingerprint density at radius 2 is 1.75 bits per heavy atom. The number of aryl methyl sites for hydroxylation is 2. The second-order valence-corrected chi connectivity index (χ2v) is 8.04. The van der Waals surface area contributed by atoms with Crippen LogP contribution in [-0.2, 0) is 4.79 Å². The predicted octanol–water partition coefficient (Wildman–Crippen LogP) is 3.74. The van der Waals surface area contributed by atoms with Gasteiger partial charge in [0, 0.05) is 53.8 Å². The number of aromatic nitrogens is 1. The first-order valence-corrected chi connectivity index (χ1v) is 9.92. The highest BCUT2D eigenvalue weighted by Crippen LogP contribution is 2.46. The Balaban J connectivity index is 1.46. The van der Waals surface area contributed by atoms with Crippen LogP contribution in [0.25, 0.3) is 5.69 Å². The maximum atomic E-state index is 12.7. The molecule has 1 aromatic carbocycles. The third-order valence-corrected chi connectivity index (χ3v) is 6.30. The topological polar surface area (TPSA) is 54.3 Å². The zero-order valence-corrected chi connectivity index (χ0v) is 16.8. The van der Waals surface area contributed by atoms with Gasteiger partial charge in [-0.2, -0.15) is 0 Å². The van der Waals surface area contributed by atoms with Crippen LogP contribution in [0.2, 0.25) is 0 Å². The number of carbonyl (C=O) groups is 2. The molecule has 5 nitrogen and oxygen atoms in total. The van der Waals surface area contributed by atoms with Gasteiger partial charge in [0.2, 0.25) is 5.91 Å². The van der Waals surface area contributed by atoms with Gasteiger partial charge in [-0.15, -0.1) is 0 Å². The minimum atomic E-state index is -0.0996. The number of piperidine rings is 1. The quantitative estimate of drug-likeness (QED) is 0.882. The number of nitrogens with zero attached hydrogens (tertiary/aromatic N) is 2. The molecule has 1 unspecified atom stereocenters. The molecule has 2 amide bonds. The molecule has 2 aliphatic rings. The molecule has 0 saturated carbocycles. The van der Waals surface area contributed by atoms with E-state index in [1.807, 2.05) is 31.3 Å². The molecule has 2 heterocycles. The van der Waals surface area contributed by atoms with Crippen molar-refractivity contribution in [3.63, 3.8) is 0 Å². The number of carbonyl (C=O) groups excluding carboxylic acids is 2. The molecule has 28 heavy (non-hydrogen) atoms. The number of allylic oxidation sites excluding steroid dienone is 1. The lowest BCUT2D eigenvalue weighted by Gasteiger charge is -2.41. The smallest absolute Gasteiger partial charge is 0.251 e. The Morgan fingerprint density at radius 3 is 2.43 bits per heavy atom. The molecule has 0 radical (unpaired) electrons. The molecule has 1 aliphatic heterocycles. The maximum Gasteiger partial charge on any atom is 0.251 e. The Morgan fingerprint density at radius 1 is 1.07 bits per heavy atom. The molecule has 1 fully saturated rings. The Bertz CT molecular complexity index is 935. The largest absolute Gasteiger partial charge is 0.351 e. The third-order valence-electron chi connectivity index (χ3n) is 6.30. The second kappa shape index (κ2) is 6.97. The van der Waals surface area contributed by atoms with Gasteiger partial charge in [-0.1, -0.05) is 6.08 Å². The van der Waals surface area contributed by atoms with Crippen LogP contribution in [0.4, 0.5) is 0 Å². The molecule has 0 spiro atoms. The van der Waals surface area contributed by atoms with Gasteiger partial charge in [0.25, 0.3) is 5.91 Å². The lowest BCUT2D eigenvalue weighted by atomic mass is 9.77. The van der Waals surface area contributed by atoms with Crippen molar-refractivity contribution >= 4 is 11.8 Å². The first-order valence-electron chi connectivity index (χ1n) is 9.92. The van der Waals surface area contributed by atoms with E-state index in [-0.39, 0.29) is 17.2 Å². The number of hydrogen-bond donors (Lipinski definition) is 1. The van der Waals surface area contributed by atoms with Gasteiger partial charge in [-0.05, 0) is 69.5 Å². The van der Waals surface area contributed by atoms with Gasteiger partial charge in [-0.3, -0.25) is 9.59 Å². The highest BCUT2D eigenvalue weighted by molar-refractivity contribution is 5.94. The first-order chi connectivity index (χ1) is 13.4. The van der Waals surface area contributed by atoms with Gasteiger partial charge >= 0.3 is 0 Å². The van der Waals surface area contributed by atoms with Crippen LogP contribution in [0.15, 0.2) is 48.2 Å². The van der Waals surface area contributed by atoms with Crippen molar-refractivity contribution in [2.45, 2.75) is 39.5 Å². The first kappa shape index (κ1) is 18.5. The Labute approximate surface area is 166 Å². The molecular formula is C23H27N3O2. The van der Waals surface area contributed by atoms with Crippen LogP contribution in [-0.4, -0.2) is 34.9 Å². The lowest BCUT2D eigenvalue weighted by Crippen LogP contribution is -2.46. The molecule has 1 aromatic heterocycles. The summed E-state index contributed by atoms with van der Waals surface area (Å²) in [4.78, 5) is 26.5. The number of hydrogen-bond acceptors (Lipinski definition) is 2. The number of benzene rings is 1. The number of amides is 2. The standard InChI is InChI=1S/C23H27N3O2/c1-16-6-7-17(2)26(16)19-10-8-18(9-11-19)22(28)24-15-23-13-4-5-20(23)25(3)21(27)12-14-23/h5-11H,4,12-15H2,1-3H3,(H,24,28). The average Bonchev–Trinajstić information content (AvgIpc) is 3.27. The Hall–Kier alpha value is -2.82. The highest BCUT2D eigenvalue weighted by Gasteiger charge is 2.44. The molecule has 1 atom stereocenters. The van der Waals surface area contributed by atoms with Gasteiger partial charge < -0.3 is 14.8 Å². The second-order valence-electron chi connectivity index (χ2n) is 8.04. The van der Waals surface area contributed by atoms with E-state index in [1.54, 1.807) is 4.90 Å². The molecule has 1 N–H and O–H groups in total. The minimum Gasteiger partial charge on any atom is -0.351 e. The van der Waals surface area contributed by atoms with Gasteiger partial charge in [0.05, 0.1) is 0 Å². The van der Waals surface area contributed by atoms with Crippen LogP contribution < -0.4 is 5.32 Å². The molecule has 2 aromatic rings. The summed E-state index contributed by atoms with van der Waals surface area (Å²) in [7, 11) is 1.85. The van der Waals surface area contributed by atoms with E-state index in [4.69, 9.17) is 0 Å². The lowest BCUT2D eigenvalue weighted by molar-refractivity contribution is -0.131. The van der Waals surface area contributed by atoms with Crippen molar-refractivity contribution in [1.29, 1.82) is 0 Å². The van der Waals surface area contributed by atoms with E-state index in [1.165, 1.54) is 11.4 Å². The normalized spacial score (nSPS) is 21.5. The van der Waals surface area contributed by atoms with E-state index in [2.05, 4.69) is 41.9 Å². The number of nitrogens with one attached hydrogen (secondary N) is 1. The summed E-state index contributed by atoms with van der Waals surface area (Å²) >= 11 is 0. The van der Waals surface area contributed by atoms with E-state index in [0.29, 0.717) is 18.5 Å². The van der Waals surface area contributed by atoms with Crippen molar-refractivity contribution in [3.05, 3.63) is 65.1 Å². The van der Waals surface area contributed by atoms with Crippen molar-refractivity contribution in [2.75, 3.05) is 13.6 Å². The number of likely N-dealkylation sites (tertiary alicyclic amines) is 1. The predicted molar refractivity (Wildman–Crippen MR) is 109 cm³/mol. The van der Waals surface area contributed by atoms with Crippen LogP contribution in [0.1, 0.15) is 47.4 Å². The Kier molecular flexibility index (Phi) is 4.61. The third kappa shape index (κ3) is 3.05. The van der Waals surface area contributed by atoms with E-state index in [0.717, 1.165) is 30.6 Å². The van der Waals surface area contributed by atoms with E-state index >= 15 is 0 Å². The summed E-state index contributed by atoms with van der Waals surface area (Å²) in [6, 6.07) is 11.9. The van der Waals surface area contributed by atoms with E-state index < -0.39 is 0 Å². The molecule has 0 bridgehead atoms. The van der Waals surface area contributed by atoms with Gasteiger partial charge in [-0.25, -0.2) is 0 Å². The summed E-state index contributed by atoms with van der Waals surface area (Å²) in [6.07, 6.45) is 5.47. The van der Waals surface area contributed by atoms with Crippen LogP contribution in [0, 0.1) is 19.3 Å². The highest BCUT2D eigenvalue weighted by atomic mass is 16.2. The summed E-state index contributed by atoms with van der Waals surface area (Å²) in [5.74, 6) is 0.106. The van der Waals surface area contributed by atoms with Crippen LogP contribution >= 0.6 is 0 Å². The number of rotatable bonds is 4. The summed E-state index contributed by atoms with van der Waals surface area (Å²) < 4.78 is 2.17. The molecule has 4 rings (SSSR count). The van der Waals surface area contributed by atoms with Crippen molar-refractivity contribution in [1.82, 2.24) is 14.8 Å². The molecular weight excluding hydrogens is 350 g/mol. The summed E-state index contributed by atoms with van der Waals surface area (Å²) in [6.45, 7) is 4.73. The summed E-state index contributed by atoms with van der Waals surface area (Å²) in [5.41, 5.74) is 5.04. The van der Waals surface area contributed by atoms with Gasteiger partial charge in [0.1, 0.15) is 0 Å². The average molecular weight is 377 g/mol. The fraction of sp³-hybridized carbons (Fsp3) is 0.391. The minimum absolute atomic E-state index is 0.0623. The molecule has 5 heteroatoms. The maximum absolute atomic E-state index is 12.7. The number of fused-ring (bicyclic) bond motifs is 1. The monoisotopic (exact) mass is 377 g/mol. The molecule has 1 aliphatic carbocycles. The van der Waals surface area contributed by atoms with E-state index in [9.17, 15) is 9.59 Å². The van der Waals surface area contributed by atoms with Crippen molar-refractivity contribution in [3.8, 4) is 5.69 Å². The van der Waals surface area contributed by atoms with Crippen molar-refractivity contribution < 1.29 is 9.59 Å². The molecule has 1 saturated heterocycles. The zero-order chi connectivity index (χ0) is 19.9.